The van der Waals surface area contributed by atoms with Crippen molar-refractivity contribution in [3.05, 3.63) is 83.2 Å². The van der Waals surface area contributed by atoms with Crippen LogP contribution in [-0.4, -0.2) is 36.0 Å². The first-order valence-electron chi connectivity index (χ1n) is 11.6. The number of nitrogens with one attached hydrogen (secondary N) is 2. The van der Waals surface area contributed by atoms with Gasteiger partial charge in [-0.15, -0.1) is 0 Å². The molecule has 0 bridgehead atoms. The van der Waals surface area contributed by atoms with Crippen molar-refractivity contribution in [2.75, 3.05) is 13.2 Å². The summed E-state index contributed by atoms with van der Waals surface area (Å²) in [6.07, 6.45) is 1.08. The number of amides is 2. The second-order valence-electron chi connectivity index (χ2n) is 7.91. The first kappa shape index (κ1) is 25.6. The molecule has 0 aliphatic carbocycles. The molecule has 0 aliphatic rings. The van der Waals surface area contributed by atoms with Crippen molar-refractivity contribution in [2.24, 2.45) is 5.10 Å². The highest BCUT2D eigenvalue weighted by Gasteiger charge is 2.19. The number of carbonyl (C=O) groups excluding carboxylic acids is 2. The number of ether oxygens (including phenoxy) is 2. The van der Waals surface area contributed by atoms with Crippen LogP contribution in [0, 0.1) is 13.8 Å². The quantitative estimate of drug-likeness (QED) is 0.324. The van der Waals surface area contributed by atoms with Crippen LogP contribution in [0.2, 0.25) is 0 Å². The lowest BCUT2D eigenvalue weighted by Gasteiger charge is -2.18. The van der Waals surface area contributed by atoms with Crippen molar-refractivity contribution in [1.29, 1.82) is 0 Å². The van der Waals surface area contributed by atoms with Gasteiger partial charge in [0.15, 0.2) is 0 Å². The number of aryl methyl sites for hydroxylation is 1. The Hall–Kier alpha value is -4.07. The molecule has 8 heteroatoms. The summed E-state index contributed by atoms with van der Waals surface area (Å²) in [4.78, 5) is 24.5. The topological polar surface area (TPSA) is 94.0 Å². The van der Waals surface area contributed by atoms with Crippen LogP contribution in [0.5, 0.6) is 5.75 Å². The van der Waals surface area contributed by atoms with Gasteiger partial charge in [0, 0.05) is 22.6 Å². The minimum Gasteiger partial charge on any atom is -0.494 e. The van der Waals surface area contributed by atoms with E-state index in [9.17, 15) is 9.59 Å². The average Bonchev–Trinajstić information content (AvgIpc) is 3.13. The Kier molecular flexibility index (Phi) is 9.06. The summed E-state index contributed by atoms with van der Waals surface area (Å²) in [5.41, 5.74) is 7.32. The van der Waals surface area contributed by atoms with E-state index in [2.05, 4.69) is 20.4 Å². The number of nitrogens with zero attached hydrogens (tertiary/aromatic N) is 2. The van der Waals surface area contributed by atoms with Gasteiger partial charge in [0.2, 0.25) is 5.91 Å². The standard InChI is InChI=1S/C27H32N4O4/c1-5-34-24-14-12-23(13-15-24)31-19(3)16-22(20(31)4)18-28-30-26(32)17-25(29-27(33)35-6-2)21-10-8-7-9-11-21/h7-16,18,25H,5-6,17H2,1-4H3,(H,29,33)(H,30,32)/b28-18-/t25-/m0/s1. The third kappa shape index (κ3) is 6.96. The van der Waals surface area contributed by atoms with Gasteiger partial charge in [0.1, 0.15) is 5.75 Å². The SMILES string of the molecule is CCOC(=O)N[C@@H](CC(=O)N/N=C\c1cc(C)n(-c2ccc(OCC)cc2)c1C)c1ccccc1. The van der Waals surface area contributed by atoms with Gasteiger partial charge in [0.25, 0.3) is 0 Å². The van der Waals surface area contributed by atoms with E-state index in [-0.39, 0.29) is 18.9 Å². The van der Waals surface area contributed by atoms with E-state index in [1.807, 2.05) is 81.4 Å². The molecule has 1 heterocycles. The number of hydrogen-bond acceptors (Lipinski definition) is 5. The Morgan fingerprint density at radius 3 is 2.40 bits per heavy atom. The molecule has 0 aliphatic heterocycles. The molecule has 0 spiro atoms. The minimum atomic E-state index is -0.570. The maximum atomic E-state index is 12.6. The molecule has 3 aromatic rings. The van der Waals surface area contributed by atoms with Gasteiger partial charge in [0.05, 0.1) is 31.9 Å². The summed E-state index contributed by atoms with van der Waals surface area (Å²) in [5, 5.41) is 6.89. The molecule has 184 valence electrons. The number of carbonyl (C=O) groups is 2. The molecule has 1 atom stereocenters. The second kappa shape index (κ2) is 12.4. The van der Waals surface area contributed by atoms with Gasteiger partial charge in [-0.3, -0.25) is 4.79 Å². The van der Waals surface area contributed by atoms with E-state index in [1.165, 1.54) is 0 Å². The summed E-state index contributed by atoms with van der Waals surface area (Å²) in [5.74, 6) is 0.502. The number of hydrogen-bond donors (Lipinski definition) is 2. The fourth-order valence-corrected chi connectivity index (χ4v) is 3.83. The van der Waals surface area contributed by atoms with Crippen molar-refractivity contribution < 1.29 is 19.1 Å². The predicted molar refractivity (Wildman–Crippen MR) is 136 cm³/mol. The molecule has 2 N–H and O–H groups in total. The molecule has 3 rings (SSSR count). The summed E-state index contributed by atoms with van der Waals surface area (Å²) >= 11 is 0. The van der Waals surface area contributed by atoms with Gasteiger partial charge >= 0.3 is 6.09 Å². The van der Waals surface area contributed by atoms with E-state index < -0.39 is 12.1 Å². The van der Waals surface area contributed by atoms with Crippen molar-refractivity contribution >= 4 is 18.2 Å². The normalized spacial score (nSPS) is 11.8. The lowest BCUT2D eigenvalue weighted by Crippen LogP contribution is -2.33. The number of hydrazone groups is 1. The molecule has 0 fully saturated rings. The summed E-state index contributed by atoms with van der Waals surface area (Å²) < 4.78 is 12.6. The van der Waals surface area contributed by atoms with Gasteiger partial charge in [-0.05, 0) is 63.6 Å². The molecule has 0 saturated heterocycles. The fourth-order valence-electron chi connectivity index (χ4n) is 3.83. The molecule has 2 amide bonds. The van der Waals surface area contributed by atoms with Crippen LogP contribution >= 0.6 is 0 Å². The minimum absolute atomic E-state index is 0.0192. The van der Waals surface area contributed by atoms with Crippen molar-refractivity contribution in [1.82, 2.24) is 15.3 Å². The smallest absolute Gasteiger partial charge is 0.407 e. The number of aromatic nitrogens is 1. The number of alkyl carbamates (subject to hydrolysis) is 1. The van der Waals surface area contributed by atoms with Gasteiger partial charge in [-0.25, -0.2) is 10.2 Å². The van der Waals surface area contributed by atoms with Crippen molar-refractivity contribution in [2.45, 2.75) is 40.2 Å². The van der Waals surface area contributed by atoms with Gasteiger partial charge in [-0.1, -0.05) is 30.3 Å². The Balaban J connectivity index is 1.67. The lowest BCUT2D eigenvalue weighted by molar-refractivity contribution is -0.121. The average molecular weight is 477 g/mol. The highest BCUT2D eigenvalue weighted by atomic mass is 16.5. The molecule has 0 radical (unpaired) electrons. The monoisotopic (exact) mass is 476 g/mol. The van der Waals surface area contributed by atoms with E-state index in [0.717, 1.165) is 34.0 Å². The summed E-state index contributed by atoms with van der Waals surface area (Å²) in [6, 6.07) is 18.7. The van der Waals surface area contributed by atoms with Crippen molar-refractivity contribution in [3.8, 4) is 11.4 Å². The molecule has 1 aromatic heterocycles. The highest BCUT2D eigenvalue weighted by molar-refractivity contribution is 5.84. The van der Waals surface area contributed by atoms with E-state index in [4.69, 9.17) is 9.47 Å². The summed E-state index contributed by atoms with van der Waals surface area (Å²) in [6.45, 7) is 8.58. The van der Waals surface area contributed by atoms with Gasteiger partial charge < -0.3 is 19.4 Å². The second-order valence-corrected chi connectivity index (χ2v) is 7.91. The zero-order valence-corrected chi connectivity index (χ0v) is 20.6. The molecular formula is C27H32N4O4. The van der Waals surface area contributed by atoms with Crippen LogP contribution in [0.3, 0.4) is 0 Å². The molecule has 35 heavy (non-hydrogen) atoms. The zero-order chi connectivity index (χ0) is 25.2. The molecule has 2 aromatic carbocycles. The van der Waals surface area contributed by atoms with Crippen LogP contribution in [0.15, 0.2) is 65.8 Å². The number of rotatable bonds is 10. The molecule has 0 unspecified atom stereocenters. The third-order valence-electron chi connectivity index (χ3n) is 5.43. The number of benzene rings is 2. The first-order valence-corrected chi connectivity index (χ1v) is 11.6. The van der Waals surface area contributed by atoms with E-state index in [1.54, 1.807) is 13.1 Å². The van der Waals surface area contributed by atoms with E-state index in [0.29, 0.717) is 6.61 Å². The predicted octanol–water partition coefficient (Wildman–Crippen LogP) is 4.82. The van der Waals surface area contributed by atoms with Gasteiger partial charge in [-0.2, -0.15) is 5.10 Å². The molecular weight excluding hydrogens is 444 g/mol. The Morgan fingerprint density at radius 1 is 1.03 bits per heavy atom. The largest absolute Gasteiger partial charge is 0.494 e. The molecule has 8 nitrogen and oxygen atoms in total. The van der Waals surface area contributed by atoms with Crippen LogP contribution in [0.4, 0.5) is 4.79 Å². The lowest BCUT2D eigenvalue weighted by atomic mass is 10.0. The van der Waals surface area contributed by atoms with Crippen molar-refractivity contribution in [3.63, 3.8) is 0 Å². The first-order chi connectivity index (χ1) is 16.9. The third-order valence-corrected chi connectivity index (χ3v) is 5.43. The fraction of sp³-hybridized carbons (Fsp3) is 0.296. The molecule has 0 saturated carbocycles. The zero-order valence-electron chi connectivity index (χ0n) is 20.6. The summed E-state index contributed by atoms with van der Waals surface area (Å²) in [7, 11) is 0. The Morgan fingerprint density at radius 2 is 1.74 bits per heavy atom. The van der Waals surface area contributed by atoms with Crippen LogP contribution in [-0.2, 0) is 9.53 Å². The van der Waals surface area contributed by atoms with Crippen LogP contribution < -0.4 is 15.5 Å². The Bertz CT molecular complexity index is 1150. The Labute approximate surface area is 205 Å². The maximum Gasteiger partial charge on any atom is 0.407 e. The van der Waals surface area contributed by atoms with E-state index >= 15 is 0 Å². The maximum absolute atomic E-state index is 12.6. The van der Waals surface area contributed by atoms with Crippen LogP contribution in [0.25, 0.3) is 5.69 Å². The van der Waals surface area contributed by atoms with Crippen LogP contribution in [0.1, 0.15) is 48.8 Å². The highest BCUT2D eigenvalue weighted by Crippen LogP contribution is 2.22.